The van der Waals surface area contributed by atoms with E-state index in [1.165, 1.54) is 0 Å². The van der Waals surface area contributed by atoms with E-state index in [4.69, 9.17) is 4.74 Å². The summed E-state index contributed by atoms with van der Waals surface area (Å²) in [6.07, 6.45) is 8.21. The number of allylic oxidation sites excluding steroid dienone is 1. The average molecular weight is 218 g/mol. The number of ether oxygens (including phenoxy) is 1. The van der Waals surface area contributed by atoms with E-state index in [2.05, 4.69) is 23.3 Å². The lowest BCUT2D eigenvalue weighted by Crippen LogP contribution is -2.31. The highest BCUT2D eigenvalue weighted by Crippen LogP contribution is 2.12. The van der Waals surface area contributed by atoms with Gasteiger partial charge in [-0.25, -0.2) is 0 Å². The van der Waals surface area contributed by atoms with Gasteiger partial charge >= 0.3 is 0 Å². The SMILES string of the molecule is C[C@@H](NCC1CCC=CO1)c1ccccn1. The predicted molar refractivity (Wildman–Crippen MR) is 63.9 cm³/mol. The first kappa shape index (κ1) is 11.1. The average Bonchev–Trinajstić information content (AvgIpc) is 2.38. The summed E-state index contributed by atoms with van der Waals surface area (Å²) in [5.41, 5.74) is 1.08. The Hall–Kier alpha value is -1.35. The van der Waals surface area contributed by atoms with Crippen LogP contribution in [0.15, 0.2) is 36.7 Å². The molecule has 2 heterocycles. The third kappa shape index (κ3) is 3.07. The summed E-state index contributed by atoms with van der Waals surface area (Å²) in [4.78, 5) is 4.33. The Morgan fingerprint density at radius 1 is 1.56 bits per heavy atom. The van der Waals surface area contributed by atoms with Crippen LogP contribution in [0.1, 0.15) is 31.5 Å². The van der Waals surface area contributed by atoms with E-state index in [1.807, 2.05) is 24.4 Å². The summed E-state index contributed by atoms with van der Waals surface area (Å²) in [6, 6.07) is 6.26. The summed E-state index contributed by atoms with van der Waals surface area (Å²) < 4.78 is 5.50. The van der Waals surface area contributed by atoms with Gasteiger partial charge in [0.25, 0.3) is 0 Å². The summed E-state index contributed by atoms with van der Waals surface area (Å²) in [6.45, 7) is 3.00. The van der Waals surface area contributed by atoms with Crippen molar-refractivity contribution < 1.29 is 4.74 Å². The Labute approximate surface area is 96.5 Å². The Kier molecular flexibility index (Phi) is 3.94. The normalized spacial score (nSPS) is 21.4. The van der Waals surface area contributed by atoms with Gasteiger partial charge in [-0.3, -0.25) is 4.98 Å². The van der Waals surface area contributed by atoms with Gasteiger partial charge < -0.3 is 10.1 Å². The first-order valence-electron chi connectivity index (χ1n) is 5.81. The summed E-state index contributed by atoms with van der Waals surface area (Å²) in [5, 5.41) is 3.45. The van der Waals surface area contributed by atoms with Crippen molar-refractivity contribution in [3.63, 3.8) is 0 Å². The molecule has 2 atom stereocenters. The van der Waals surface area contributed by atoms with Gasteiger partial charge in [-0.1, -0.05) is 6.07 Å². The van der Waals surface area contributed by atoms with Crippen LogP contribution in [0, 0.1) is 0 Å². The first-order chi connectivity index (χ1) is 7.86. The fourth-order valence-electron chi connectivity index (χ4n) is 1.78. The van der Waals surface area contributed by atoms with Crippen molar-refractivity contribution >= 4 is 0 Å². The molecule has 0 aromatic carbocycles. The number of hydrogen-bond donors (Lipinski definition) is 1. The molecule has 0 radical (unpaired) electrons. The molecule has 3 nitrogen and oxygen atoms in total. The van der Waals surface area contributed by atoms with Gasteiger partial charge in [0.15, 0.2) is 0 Å². The zero-order valence-electron chi connectivity index (χ0n) is 9.60. The number of rotatable bonds is 4. The molecule has 1 aliphatic rings. The lowest BCUT2D eigenvalue weighted by atomic mass is 10.1. The minimum atomic E-state index is 0.274. The van der Waals surface area contributed by atoms with Crippen LogP contribution < -0.4 is 5.32 Å². The number of pyridine rings is 1. The van der Waals surface area contributed by atoms with Gasteiger partial charge in [0, 0.05) is 18.8 Å². The molecule has 1 aromatic heterocycles. The molecule has 16 heavy (non-hydrogen) atoms. The minimum Gasteiger partial charge on any atom is -0.497 e. The second kappa shape index (κ2) is 5.66. The summed E-state index contributed by atoms with van der Waals surface area (Å²) in [7, 11) is 0. The molecule has 0 bridgehead atoms. The Balaban J connectivity index is 1.79. The number of nitrogens with one attached hydrogen (secondary N) is 1. The first-order valence-corrected chi connectivity index (χ1v) is 5.81. The van der Waals surface area contributed by atoms with Crippen molar-refractivity contribution in [1.29, 1.82) is 0 Å². The molecular formula is C13H18N2O. The molecule has 0 aliphatic carbocycles. The molecule has 0 saturated heterocycles. The van der Waals surface area contributed by atoms with Crippen LogP contribution in [-0.2, 0) is 4.74 Å². The second-order valence-electron chi connectivity index (χ2n) is 4.09. The van der Waals surface area contributed by atoms with Crippen LogP contribution in [0.2, 0.25) is 0 Å². The van der Waals surface area contributed by atoms with E-state index in [0.717, 1.165) is 25.1 Å². The molecule has 3 heteroatoms. The molecule has 1 N–H and O–H groups in total. The zero-order valence-corrected chi connectivity index (χ0v) is 9.60. The topological polar surface area (TPSA) is 34.1 Å². The highest BCUT2D eigenvalue weighted by molar-refractivity contribution is 5.07. The van der Waals surface area contributed by atoms with E-state index < -0.39 is 0 Å². The Bertz CT molecular complexity index is 337. The quantitative estimate of drug-likeness (QED) is 0.842. The van der Waals surface area contributed by atoms with Crippen LogP contribution in [0.25, 0.3) is 0 Å². The molecule has 0 amide bonds. The van der Waals surface area contributed by atoms with Gasteiger partial charge in [-0.15, -0.1) is 0 Å². The molecule has 0 saturated carbocycles. The fraction of sp³-hybridized carbons (Fsp3) is 0.462. The van der Waals surface area contributed by atoms with E-state index >= 15 is 0 Å². The maximum absolute atomic E-state index is 5.50. The molecule has 1 unspecified atom stereocenters. The van der Waals surface area contributed by atoms with Gasteiger partial charge in [0.1, 0.15) is 6.10 Å². The smallest absolute Gasteiger partial charge is 0.110 e. The maximum atomic E-state index is 5.50. The van der Waals surface area contributed by atoms with Crippen LogP contribution in [-0.4, -0.2) is 17.6 Å². The van der Waals surface area contributed by atoms with E-state index in [0.29, 0.717) is 6.10 Å². The third-order valence-electron chi connectivity index (χ3n) is 2.81. The largest absolute Gasteiger partial charge is 0.497 e. The predicted octanol–water partition coefficient (Wildman–Crippen LogP) is 2.42. The molecule has 0 fully saturated rings. The van der Waals surface area contributed by atoms with Crippen molar-refractivity contribution in [2.24, 2.45) is 0 Å². The van der Waals surface area contributed by atoms with Gasteiger partial charge in [0.2, 0.25) is 0 Å². The molecule has 2 rings (SSSR count). The number of aromatic nitrogens is 1. The second-order valence-corrected chi connectivity index (χ2v) is 4.09. The highest BCUT2D eigenvalue weighted by atomic mass is 16.5. The van der Waals surface area contributed by atoms with E-state index in [9.17, 15) is 0 Å². The summed E-state index contributed by atoms with van der Waals surface area (Å²) >= 11 is 0. The van der Waals surface area contributed by atoms with Crippen molar-refractivity contribution in [3.8, 4) is 0 Å². The van der Waals surface area contributed by atoms with Crippen molar-refractivity contribution in [3.05, 3.63) is 42.4 Å². The van der Waals surface area contributed by atoms with E-state index in [-0.39, 0.29) is 6.04 Å². The van der Waals surface area contributed by atoms with Crippen LogP contribution in [0.4, 0.5) is 0 Å². The van der Waals surface area contributed by atoms with Gasteiger partial charge in [-0.2, -0.15) is 0 Å². The van der Waals surface area contributed by atoms with Gasteiger partial charge in [-0.05, 0) is 38.0 Å². The third-order valence-corrected chi connectivity index (χ3v) is 2.81. The highest BCUT2D eigenvalue weighted by Gasteiger charge is 2.13. The van der Waals surface area contributed by atoms with Crippen LogP contribution in [0.5, 0.6) is 0 Å². The monoisotopic (exact) mass is 218 g/mol. The maximum Gasteiger partial charge on any atom is 0.110 e. The Morgan fingerprint density at radius 2 is 2.50 bits per heavy atom. The zero-order chi connectivity index (χ0) is 11.2. The summed E-state index contributed by atoms with van der Waals surface area (Å²) in [5.74, 6) is 0. The standard InChI is InChI=1S/C13H18N2O/c1-11(13-7-2-4-8-14-13)15-10-12-6-3-5-9-16-12/h2,4-5,7-9,11-12,15H,3,6,10H2,1H3/t11-,12?/m1/s1. The van der Waals surface area contributed by atoms with Crippen molar-refractivity contribution in [2.75, 3.05) is 6.54 Å². The molecule has 1 aromatic rings. The number of hydrogen-bond acceptors (Lipinski definition) is 3. The van der Waals surface area contributed by atoms with Crippen LogP contribution in [0.3, 0.4) is 0 Å². The fourth-order valence-corrected chi connectivity index (χ4v) is 1.78. The lowest BCUT2D eigenvalue weighted by molar-refractivity contribution is 0.119. The molecule has 1 aliphatic heterocycles. The molecular weight excluding hydrogens is 200 g/mol. The Morgan fingerprint density at radius 3 is 3.19 bits per heavy atom. The van der Waals surface area contributed by atoms with Crippen molar-refractivity contribution in [2.45, 2.75) is 31.9 Å². The van der Waals surface area contributed by atoms with Gasteiger partial charge in [0.05, 0.1) is 12.0 Å². The minimum absolute atomic E-state index is 0.274. The number of nitrogens with zero attached hydrogens (tertiary/aromatic N) is 1. The lowest BCUT2D eigenvalue weighted by Gasteiger charge is -2.22. The van der Waals surface area contributed by atoms with Crippen LogP contribution >= 0.6 is 0 Å². The molecule has 86 valence electrons. The molecule has 0 spiro atoms. The van der Waals surface area contributed by atoms with E-state index in [1.54, 1.807) is 6.26 Å². The van der Waals surface area contributed by atoms with Crippen molar-refractivity contribution in [1.82, 2.24) is 10.3 Å².